The molecule has 0 amide bonds. The van der Waals surface area contributed by atoms with Crippen molar-refractivity contribution in [2.75, 3.05) is 11.1 Å². The van der Waals surface area contributed by atoms with Gasteiger partial charge in [-0.1, -0.05) is 12.1 Å². The minimum absolute atomic E-state index is 0.154. The van der Waals surface area contributed by atoms with Crippen LogP contribution in [0.15, 0.2) is 36.9 Å². The highest BCUT2D eigenvalue weighted by atomic mass is 15.3. The van der Waals surface area contributed by atoms with E-state index >= 15 is 0 Å². The van der Waals surface area contributed by atoms with E-state index in [9.17, 15) is 0 Å². The maximum Gasteiger partial charge on any atom is 0.241 e. The van der Waals surface area contributed by atoms with Crippen molar-refractivity contribution in [1.82, 2.24) is 24.5 Å². The predicted octanol–water partition coefficient (Wildman–Crippen LogP) is 2.00. The number of rotatable bonds is 3. The molecule has 0 atom stereocenters. The van der Waals surface area contributed by atoms with Gasteiger partial charge in [0.25, 0.3) is 0 Å². The molecule has 0 bridgehead atoms. The highest BCUT2D eigenvalue weighted by molar-refractivity contribution is 5.60. The van der Waals surface area contributed by atoms with E-state index in [1.54, 1.807) is 23.3 Å². The van der Waals surface area contributed by atoms with Gasteiger partial charge in [0.1, 0.15) is 6.33 Å². The van der Waals surface area contributed by atoms with Gasteiger partial charge >= 0.3 is 0 Å². The van der Waals surface area contributed by atoms with E-state index < -0.39 is 0 Å². The molecule has 1 aromatic carbocycles. The first kappa shape index (κ1) is 13.0. The Labute approximate surface area is 121 Å². The van der Waals surface area contributed by atoms with Crippen LogP contribution in [0.5, 0.6) is 0 Å². The normalized spacial score (nSPS) is 10.6. The summed E-state index contributed by atoms with van der Waals surface area (Å²) in [6, 6.07) is 6.13. The molecule has 0 radical (unpaired) electrons. The van der Waals surface area contributed by atoms with Gasteiger partial charge in [-0.15, -0.1) is 0 Å². The number of hydrogen-bond donors (Lipinski definition) is 2. The van der Waals surface area contributed by atoms with Crippen LogP contribution in [0.3, 0.4) is 0 Å². The topological polar surface area (TPSA) is 94.5 Å². The number of benzene rings is 1. The molecule has 0 unspecified atom stereocenters. The summed E-state index contributed by atoms with van der Waals surface area (Å²) in [6.07, 6.45) is 5.00. The van der Waals surface area contributed by atoms with E-state index in [-0.39, 0.29) is 5.95 Å². The van der Waals surface area contributed by atoms with Crippen molar-refractivity contribution in [3.8, 4) is 5.95 Å². The van der Waals surface area contributed by atoms with E-state index in [1.807, 2.05) is 26.0 Å². The molecule has 7 nitrogen and oxygen atoms in total. The highest BCUT2D eigenvalue weighted by Gasteiger charge is 2.07. The molecule has 0 aliphatic carbocycles. The van der Waals surface area contributed by atoms with Crippen LogP contribution in [0.4, 0.5) is 17.6 Å². The third-order valence-electron chi connectivity index (χ3n) is 3.02. The van der Waals surface area contributed by atoms with Crippen LogP contribution in [-0.4, -0.2) is 24.5 Å². The molecule has 7 heteroatoms. The van der Waals surface area contributed by atoms with Gasteiger partial charge in [-0.05, 0) is 31.0 Å². The van der Waals surface area contributed by atoms with E-state index in [0.29, 0.717) is 11.9 Å². The first-order valence-corrected chi connectivity index (χ1v) is 6.46. The number of nitrogens with zero attached hydrogens (tertiary/aromatic N) is 5. The molecule has 21 heavy (non-hydrogen) atoms. The summed E-state index contributed by atoms with van der Waals surface area (Å²) in [6.45, 7) is 4.05. The summed E-state index contributed by atoms with van der Waals surface area (Å²) < 4.78 is 1.67. The lowest BCUT2D eigenvalue weighted by molar-refractivity contribution is 0.906. The van der Waals surface area contributed by atoms with Crippen LogP contribution < -0.4 is 11.1 Å². The van der Waals surface area contributed by atoms with Crippen LogP contribution in [0.25, 0.3) is 5.95 Å². The van der Waals surface area contributed by atoms with E-state index in [2.05, 4.69) is 31.3 Å². The largest absolute Gasteiger partial charge is 0.368 e. The summed E-state index contributed by atoms with van der Waals surface area (Å²) in [7, 11) is 0. The van der Waals surface area contributed by atoms with Crippen molar-refractivity contribution in [1.29, 1.82) is 0 Å². The molecular weight excluding hydrogens is 266 g/mol. The van der Waals surface area contributed by atoms with Crippen LogP contribution in [0.1, 0.15) is 11.1 Å². The highest BCUT2D eigenvalue weighted by Crippen LogP contribution is 2.20. The van der Waals surface area contributed by atoms with Crippen molar-refractivity contribution >= 4 is 17.6 Å². The molecular formula is C14H15N7. The molecule has 2 aromatic heterocycles. The lowest BCUT2D eigenvalue weighted by Crippen LogP contribution is -2.08. The Bertz CT molecular complexity index is 765. The number of aromatic nitrogens is 5. The quantitative estimate of drug-likeness (QED) is 0.762. The van der Waals surface area contributed by atoms with Gasteiger partial charge in [0.15, 0.2) is 0 Å². The fourth-order valence-corrected chi connectivity index (χ4v) is 1.92. The van der Waals surface area contributed by atoms with Gasteiger partial charge < -0.3 is 11.1 Å². The standard InChI is InChI=1S/C14H15N7/c1-9-3-4-10(2)11(7-9)17-13-18-12(15)19-14(20-13)21-6-5-16-8-21/h3-8H,1-2H3,(H3,15,17,18,19,20). The number of hydrogen-bond acceptors (Lipinski definition) is 6. The summed E-state index contributed by atoms with van der Waals surface area (Å²) in [5.74, 6) is 0.981. The Morgan fingerprint density at radius 2 is 2.00 bits per heavy atom. The van der Waals surface area contributed by atoms with Crippen molar-refractivity contribution in [3.63, 3.8) is 0 Å². The zero-order valence-corrected chi connectivity index (χ0v) is 11.8. The Morgan fingerprint density at radius 1 is 1.14 bits per heavy atom. The molecule has 0 fully saturated rings. The SMILES string of the molecule is Cc1ccc(C)c(Nc2nc(N)nc(-n3ccnc3)n2)c1. The zero-order valence-electron chi connectivity index (χ0n) is 11.8. The smallest absolute Gasteiger partial charge is 0.241 e. The number of nitrogens with two attached hydrogens (primary N) is 1. The Balaban J connectivity index is 1.97. The van der Waals surface area contributed by atoms with Crippen LogP contribution in [-0.2, 0) is 0 Å². The van der Waals surface area contributed by atoms with Gasteiger partial charge in [0, 0.05) is 18.1 Å². The van der Waals surface area contributed by atoms with Crippen molar-refractivity contribution < 1.29 is 0 Å². The number of anilines is 3. The number of nitrogens with one attached hydrogen (secondary N) is 1. The molecule has 3 rings (SSSR count). The fraction of sp³-hybridized carbons (Fsp3) is 0.143. The Morgan fingerprint density at radius 3 is 2.76 bits per heavy atom. The van der Waals surface area contributed by atoms with E-state index in [1.165, 1.54) is 0 Å². The van der Waals surface area contributed by atoms with Gasteiger partial charge in [0.05, 0.1) is 0 Å². The second-order valence-electron chi connectivity index (χ2n) is 4.73. The summed E-state index contributed by atoms with van der Waals surface area (Å²) >= 11 is 0. The van der Waals surface area contributed by atoms with Gasteiger partial charge in [-0.3, -0.25) is 4.57 Å². The van der Waals surface area contributed by atoms with Gasteiger partial charge in [-0.25, -0.2) is 4.98 Å². The third kappa shape index (κ3) is 2.81. The third-order valence-corrected chi connectivity index (χ3v) is 3.02. The zero-order chi connectivity index (χ0) is 14.8. The Hall–Kier alpha value is -2.96. The first-order chi connectivity index (χ1) is 10.1. The minimum atomic E-state index is 0.154. The summed E-state index contributed by atoms with van der Waals surface area (Å²) in [5.41, 5.74) is 8.95. The van der Waals surface area contributed by atoms with Crippen molar-refractivity contribution in [2.45, 2.75) is 13.8 Å². The minimum Gasteiger partial charge on any atom is -0.368 e. The number of aryl methyl sites for hydroxylation is 2. The molecule has 0 saturated carbocycles. The van der Waals surface area contributed by atoms with Gasteiger partial charge in [-0.2, -0.15) is 15.0 Å². The molecule has 0 aliphatic heterocycles. The monoisotopic (exact) mass is 281 g/mol. The van der Waals surface area contributed by atoms with Crippen molar-refractivity contribution in [2.24, 2.45) is 0 Å². The molecule has 106 valence electrons. The fourth-order valence-electron chi connectivity index (χ4n) is 1.92. The molecule has 2 heterocycles. The van der Waals surface area contributed by atoms with Gasteiger partial charge in [0.2, 0.25) is 17.8 Å². The molecule has 3 aromatic rings. The molecule has 0 spiro atoms. The van der Waals surface area contributed by atoms with E-state index in [4.69, 9.17) is 5.73 Å². The number of nitrogen functional groups attached to an aromatic ring is 1. The molecule has 0 aliphatic rings. The van der Waals surface area contributed by atoms with Crippen LogP contribution in [0, 0.1) is 13.8 Å². The maximum absolute atomic E-state index is 5.75. The second-order valence-corrected chi connectivity index (χ2v) is 4.73. The lowest BCUT2D eigenvalue weighted by Gasteiger charge is -2.10. The Kier molecular flexibility index (Phi) is 3.23. The van der Waals surface area contributed by atoms with Crippen LogP contribution in [0.2, 0.25) is 0 Å². The average Bonchev–Trinajstić information content (AvgIpc) is 2.96. The number of imidazole rings is 1. The summed E-state index contributed by atoms with van der Waals surface area (Å²) in [4.78, 5) is 16.5. The molecule has 0 saturated heterocycles. The predicted molar refractivity (Wildman–Crippen MR) is 80.6 cm³/mol. The average molecular weight is 281 g/mol. The van der Waals surface area contributed by atoms with Crippen LogP contribution >= 0.6 is 0 Å². The summed E-state index contributed by atoms with van der Waals surface area (Å²) in [5, 5.41) is 3.18. The van der Waals surface area contributed by atoms with E-state index in [0.717, 1.165) is 16.8 Å². The second kappa shape index (κ2) is 5.20. The molecule has 3 N–H and O–H groups in total. The lowest BCUT2D eigenvalue weighted by atomic mass is 10.1. The first-order valence-electron chi connectivity index (χ1n) is 6.46. The maximum atomic E-state index is 5.75. The van der Waals surface area contributed by atoms with Crippen molar-refractivity contribution in [3.05, 3.63) is 48.0 Å².